The second-order valence-electron chi connectivity index (χ2n) is 9.07. The SMILES string of the molecule is COc1cc(CNc2ncccc2C(=O)Nc2cc(OC(C)C3CCNCC3)cc(C(F)(F)F)c2)ccn1. The maximum atomic E-state index is 13.7. The van der Waals surface area contributed by atoms with E-state index >= 15 is 0 Å². The lowest BCUT2D eigenvalue weighted by atomic mass is 9.93. The summed E-state index contributed by atoms with van der Waals surface area (Å²) in [5.41, 5.74) is 0.0952. The fourth-order valence-corrected chi connectivity index (χ4v) is 4.31. The lowest BCUT2D eigenvalue weighted by molar-refractivity contribution is -0.137. The van der Waals surface area contributed by atoms with Crippen molar-refractivity contribution in [1.82, 2.24) is 15.3 Å². The third kappa shape index (κ3) is 7.12. The van der Waals surface area contributed by atoms with Crippen molar-refractivity contribution < 1.29 is 27.4 Å². The largest absolute Gasteiger partial charge is 0.490 e. The average Bonchev–Trinajstić information content (AvgIpc) is 2.92. The van der Waals surface area contributed by atoms with Gasteiger partial charge in [0.15, 0.2) is 0 Å². The van der Waals surface area contributed by atoms with Crippen LogP contribution in [-0.2, 0) is 12.7 Å². The summed E-state index contributed by atoms with van der Waals surface area (Å²) in [6, 6.07) is 9.92. The first-order chi connectivity index (χ1) is 18.2. The summed E-state index contributed by atoms with van der Waals surface area (Å²) < 4.78 is 52.1. The number of nitrogens with zero attached hydrogens (tertiary/aromatic N) is 2. The minimum atomic E-state index is -4.61. The predicted molar refractivity (Wildman–Crippen MR) is 137 cm³/mol. The number of pyridine rings is 2. The van der Waals surface area contributed by atoms with Gasteiger partial charge in [-0.05, 0) is 74.7 Å². The molecule has 2 aromatic heterocycles. The Morgan fingerprint density at radius 1 is 1.13 bits per heavy atom. The molecule has 1 aromatic carbocycles. The Labute approximate surface area is 219 Å². The van der Waals surface area contributed by atoms with Crippen molar-refractivity contribution in [3.05, 3.63) is 71.5 Å². The second kappa shape index (κ2) is 12.1. The van der Waals surface area contributed by atoms with Crippen LogP contribution < -0.4 is 25.4 Å². The number of amides is 1. The van der Waals surface area contributed by atoms with Crippen LogP contribution in [0.25, 0.3) is 0 Å². The first-order valence-electron chi connectivity index (χ1n) is 12.3. The highest BCUT2D eigenvalue weighted by Gasteiger charge is 2.32. The number of carbonyl (C=O) groups is 1. The zero-order valence-electron chi connectivity index (χ0n) is 21.1. The number of hydrogen-bond donors (Lipinski definition) is 3. The second-order valence-corrected chi connectivity index (χ2v) is 9.07. The van der Waals surface area contributed by atoms with E-state index in [-0.39, 0.29) is 34.8 Å². The van der Waals surface area contributed by atoms with Gasteiger partial charge in [0.1, 0.15) is 11.6 Å². The minimum Gasteiger partial charge on any atom is -0.490 e. The Morgan fingerprint density at radius 3 is 2.66 bits per heavy atom. The first-order valence-corrected chi connectivity index (χ1v) is 12.3. The van der Waals surface area contributed by atoms with Crippen molar-refractivity contribution in [2.24, 2.45) is 5.92 Å². The number of hydrogen-bond acceptors (Lipinski definition) is 7. The van der Waals surface area contributed by atoms with E-state index < -0.39 is 17.6 Å². The van der Waals surface area contributed by atoms with Crippen molar-refractivity contribution in [3.63, 3.8) is 0 Å². The number of nitrogens with one attached hydrogen (secondary N) is 3. The molecule has 0 spiro atoms. The van der Waals surface area contributed by atoms with Gasteiger partial charge < -0.3 is 25.4 Å². The summed E-state index contributed by atoms with van der Waals surface area (Å²) >= 11 is 0. The Kier molecular flexibility index (Phi) is 8.67. The summed E-state index contributed by atoms with van der Waals surface area (Å²) in [4.78, 5) is 21.4. The number of aromatic nitrogens is 2. The molecule has 0 radical (unpaired) electrons. The molecule has 0 aliphatic carbocycles. The molecule has 38 heavy (non-hydrogen) atoms. The van der Waals surface area contributed by atoms with E-state index in [0.717, 1.165) is 43.6 Å². The molecule has 3 N–H and O–H groups in total. The molecule has 3 heterocycles. The van der Waals surface area contributed by atoms with E-state index in [1.165, 1.54) is 19.4 Å². The fourth-order valence-electron chi connectivity index (χ4n) is 4.31. The lowest BCUT2D eigenvalue weighted by Gasteiger charge is -2.29. The van der Waals surface area contributed by atoms with Crippen LogP contribution in [0.2, 0.25) is 0 Å². The fraction of sp³-hybridized carbons (Fsp3) is 0.370. The Hall–Kier alpha value is -3.86. The van der Waals surface area contributed by atoms with Crippen LogP contribution in [-0.4, -0.2) is 42.2 Å². The Bertz CT molecular complexity index is 1250. The summed E-state index contributed by atoms with van der Waals surface area (Å²) in [5.74, 6) is 0.402. The molecule has 3 aromatic rings. The molecule has 0 bridgehead atoms. The molecule has 1 aliphatic rings. The predicted octanol–water partition coefficient (Wildman–Crippen LogP) is 5.14. The number of ether oxygens (including phenoxy) is 2. The number of alkyl halides is 3. The number of piperidine rings is 1. The van der Waals surface area contributed by atoms with Crippen LogP contribution in [0.3, 0.4) is 0 Å². The molecule has 1 amide bonds. The number of carbonyl (C=O) groups excluding carboxylic acids is 1. The molecule has 1 saturated heterocycles. The van der Waals surface area contributed by atoms with E-state index in [1.54, 1.807) is 30.5 Å². The summed E-state index contributed by atoms with van der Waals surface area (Å²) in [6.45, 7) is 3.88. The maximum absolute atomic E-state index is 13.7. The number of rotatable bonds is 9. The molecule has 8 nitrogen and oxygen atoms in total. The van der Waals surface area contributed by atoms with Crippen molar-refractivity contribution in [3.8, 4) is 11.6 Å². The normalized spacial score (nSPS) is 15.0. The van der Waals surface area contributed by atoms with Crippen LogP contribution >= 0.6 is 0 Å². The van der Waals surface area contributed by atoms with Gasteiger partial charge in [-0.15, -0.1) is 0 Å². The summed E-state index contributed by atoms with van der Waals surface area (Å²) in [7, 11) is 1.51. The summed E-state index contributed by atoms with van der Waals surface area (Å²) in [5, 5.41) is 8.94. The van der Waals surface area contributed by atoms with Crippen LogP contribution in [0.5, 0.6) is 11.6 Å². The smallest absolute Gasteiger partial charge is 0.416 e. The summed E-state index contributed by atoms with van der Waals surface area (Å²) in [6.07, 6.45) is -0.000408. The monoisotopic (exact) mass is 529 g/mol. The molecule has 1 fully saturated rings. The van der Waals surface area contributed by atoms with Gasteiger partial charge in [0.25, 0.3) is 5.91 Å². The Balaban J connectivity index is 1.52. The number of benzene rings is 1. The Morgan fingerprint density at radius 2 is 1.92 bits per heavy atom. The maximum Gasteiger partial charge on any atom is 0.416 e. The zero-order valence-corrected chi connectivity index (χ0v) is 21.1. The van der Waals surface area contributed by atoms with Crippen LogP contribution in [0.15, 0.2) is 54.9 Å². The standard InChI is InChI=1S/C27H30F3N5O3/c1-17(19-6-9-31-10-7-19)38-22-14-20(27(28,29)30)13-21(15-22)35-26(36)23-4-3-8-33-25(23)34-16-18-5-11-32-24(12-18)37-2/h3-5,8,11-15,17,19,31H,6-7,9-10,16H2,1-2H3,(H,33,34)(H,35,36). The van der Waals surface area contributed by atoms with Gasteiger partial charge in [-0.2, -0.15) is 13.2 Å². The van der Waals surface area contributed by atoms with Gasteiger partial charge in [-0.3, -0.25) is 4.79 Å². The molecule has 4 rings (SSSR count). The van der Waals surface area contributed by atoms with Gasteiger partial charge in [-0.1, -0.05) is 0 Å². The van der Waals surface area contributed by atoms with E-state index in [9.17, 15) is 18.0 Å². The topological polar surface area (TPSA) is 97.4 Å². The van der Waals surface area contributed by atoms with Gasteiger partial charge in [0.05, 0.1) is 24.3 Å². The zero-order chi connectivity index (χ0) is 27.1. The minimum absolute atomic E-state index is 0.0222. The number of methoxy groups -OCH3 is 1. The lowest BCUT2D eigenvalue weighted by Crippen LogP contribution is -2.35. The number of anilines is 2. The van der Waals surface area contributed by atoms with Crippen molar-refractivity contribution in [1.29, 1.82) is 0 Å². The molecule has 1 unspecified atom stereocenters. The highest BCUT2D eigenvalue weighted by molar-refractivity contribution is 6.07. The third-order valence-electron chi connectivity index (χ3n) is 6.38. The molecule has 0 saturated carbocycles. The third-order valence-corrected chi connectivity index (χ3v) is 6.38. The van der Waals surface area contributed by atoms with E-state index in [4.69, 9.17) is 9.47 Å². The highest BCUT2D eigenvalue weighted by atomic mass is 19.4. The highest BCUT2D eigenvalue weighted by Crippen LogP contribution is 2.35. The van der Waals surface area contributed by atoms with Crippen molar-refractivity contribution >= 4 is 17.4 Å². The van der Waals surface area contributed by atoms with Gasteiger partial charge in [0.2, 0.25) is 5.88 Å². The quantitative estimate of drug-likeness (QED) is 0.353. The molecule has 1 aliphatic heterocycles. The molecular formula is C27H30F3N5O3. The van der Waals surface area contributed by atoms with E-state index in [1.807, 2.05) is 6.92 Å². The molecule has 11 heteroatoms. The molecular weight excluding hydrogens is 499 g/mol. The van der Waals surface area contributed by atoms with Gasteiger partial charge in [0, 0.05) is 36.8 Å². The molecule has 1 atom stereocenters. The van der Waals surface area contributed by atoms with Crippen LogP contribution in [0.1, 0.15) is 41.3 Å². The van der Waals surface area contributed by atoms with E-state index in [2.05, 4.69) is 25.9 Å². The first kappa shape index (κ1) is 27.2. The van der Waals surface area contributed by atoms with Crippen LogP contribution in [0, 0.1) is 5.92 Å². The van der Waals surface area contributed by atoms with Crippen molar-refractivity contribution in [2.75, 3.05) is 30.8 Å². The van der Waals surface area contributed by atoms with Gasteiger partial charge in [-0.25, -0.2) is 9.97 Å². The van der Waals surface area contributed by atoms with Gasteiger partial charge >= 0.3 is 6.18 Å². The van der Waals surface area contributed by atoms with Crippen LogP contribution in [0.4, 0.5) is 24.7 Å². The average molecular weight is 530 g/mol. The van der Waals surface area contributed by atoms with E-state index in [0.29, 0.717) is 12.4 Å². The number of halogens is 3. The molecule has 202 valence electrons. The van der Waals surface area contributed by atoms with Crippen molar-refractivity contribution in [2.45, 2.75) is 38.6 Å².